The number of rotatable bonds is 3. The first-order valence-electron chi connectivity index (χ1n) is 5.87. The summed E-state index contributed by atoms with van der Waals surface area (Å²) in [6, 6.07) is 4.10. The summed E-state index contributed by atoms with van der Waals surface area (Å²) >= 11 is 0. The van der Waals surface area contributed by atoms with Crippen LogP contribution in [0.2, 0.25) is 0 Å². The van der Waals surface area contributed by atoms with Crippen molar-refractivity contribution < 1.29 is 9.84 Å². The predicted octanol–water partition coefficient (Wildman–Crippen LogP) is 3.00. The van der Waals surface area contributed by atoms with Gasteiger partial charge in [-0.2, -0.15) is 0 Å². The van der Waals surface area contributed by atoms with Gasteiger partial charge in [0.2, 0.25) is 0 Å². The van der Waals surface area contributed by atoms with Gasteiger partial charge in [0.05, 0.1) is 13.2 Å². The van der Waals surface area contributed by atoms with Gasteiger partial charge in [-0.1, -0.05) is 13.0 Å². The maximum Gasteiger partial charge on any atom is 0.125 e. The molecule has 3 atom stereocenters. The van der Waals surface area contributed by atoms with Gasteiger partial charge in [0.25, 0.3) is 0 Å². The third-order valence-electron chi connectivity index (χ3n) is 3.59. The topological polar surface area (TPSA) is 29.5 Å². The van der Waals surface area contributed by atoms with Crippen LogP contribution in [0.1, 0.15) is 36.1 Å². The van der Waals surface area contributed by atoms with Gasteiger partial charge in [0.15, 0.2) is 0 Å². The van der Waals surface area contributed by atoms with E-state index in [1.54, 1.807) is 7.11 Å². The molecule has 2 nitrogen and oxygen atoms in total. The average molecular weight is 220 g/mol. The Labute approximate surface area is 97.3 Å². The summed E-state index contributed by atoms with van der Waals surface area (Å²) in [6.45, 7) is 6.27. The standard InChI is InChI=1S/C14H20O2/c1-8-5-10(3)13(12(6-8)16-4)14(15)11-7-9(11)2/h5-6,9,11,14-15H,7H2,1-4H3. The van der Waals surface area contributed by atoms with E-state index in [0.29, 0.717) is 11.8 Å². The number of aryl methyl sites for hydroxylation is 2. The molecule has 0 radical (unpaired) electrons. The van der Waals surface area contributed by atoms with Gasteiger partial charge < -0.3 is 9.84 Å². The second kappa shape index (κ2) is 4.10. The van der Waals surface area contributed by atoms with Crippen LogP contribution in [-0.2, 0) is 0 Å². The van der Waals surface area contributed by atoms with Crippen LogP contribution >= 0.6 is 0 Å². The molecule has 1 fully saturated rings. The lowest BCUT2D eigenvalue weighted by molar-refractivity contribution is 0.143. The molecule has 0 saturated heterocycles. The van der Waals surface area contributed by atoms with Gasteiger partial charge >= 0.3 is 0 Å². The van der Waals surface area contributed by atoms with Crippen LogP contribution in [0.3, 0.4) is 0 Å². The predicted molar refractivity (Wildman–Crippen MR) is 64.7 cm³/mol. The second-order valence-electron chi connectivity index (χ2n) is 5.02. The first-order chi connectivity index (χ1) is 7.54. The molecule has 1 saturated carbocycles. The molecule has 3 unspecified atom stereocenters. The molecule has 0 amide bonds. The maximum atomic E-state index is 10.3. The Hall–Kier alpha value is -1.02. The molecule has 2 heteroatoms. The van der Waals surface area contributed by atoms with Gasteiger partial charge in [-0.3, -0.25) is 0 Å². The summed E-state index contributed by atoms with van der Waals surface area (Å²) in [7, 11) is 1.67. The Balaban J connectivity index is 2.38. The summed E-state index contributed by atoms with van der Waals surface area (Å²) < 4.78 is 5.38. The fraction of sp³-hybridized carbons (Fsp3) is 0.571. The van der Waals surface area contributed by atoms with E-state index in [-0.39, 0.29) is 6.10 Å². The first kappa shape index (κ1) is 11.5. The quantitative estimate of drug-likeness (QED) is 0.848. The molecular formula is C14H20O2. The number of methoxy groups -OCH3 is 1. The van der Waals surface area contributed by atoms with Crippen molar-refractivity contribution in [3.8, 4) is 5.75 Å². The highest BCUT2D eigenvalue weighted by Gasteiger charge is 2.40. The number of hydrogen-bond acceptors (Lipinski definition) is 2. The number of hydrogen-bond donors (Lipinski definition) is 1. The van der Waals surface area contributed by atoms with Gasteiger partial charge in [0.1, 0.15) is 5.75 Å². The Morgan fingerprint density at radius 2 is 2.00 bits per heavy atom. The minimum Gasteiger partial charge on any atom is -0.496 e. The van der Waals surface area contributed by atoms with Crippen LogP contribution in [0, 0.1) is 25.7 Å². The second-order valence-corrected chi connectivity index (χ2v) is 5.02. The molecule has 1 aliphatic rings. The number of ether oxygens (including phenoxy) is 1. The van der Waals surface area contributed by atoms with Crippen molar-refractivity contribution in [2.75, 3.05) is 7.11 Å². The van der Waals surface area contributed by atoms with Crippen molar-refractivity contribution in [2.24, 2.45) is 11.8 Å². The zero-order valence-corrected chi connectivity index (χ0v) is 10.4. The lowest BCUT2D eigenvalue weighted by Crippen LogP contribution is -2.06. The van der Waals surface area contributed by atoms with E-state index in [0.717, 1.165) is 23.3 Å². The Morgan fingerprint density at radius 3 is 2.50 bits per heavy atom. The summed E-state index contributed by atoms with van der Waals surface area (Å²) in [6.07, 6.45) is 0.753. The van der Waals surface area contributed by atoms with Crippen molar-refractivity contribution in [1.29, 1.82) is 0 Å². The molecule has 1 aromatic carbocycles. The summed E-state index contributed by atoms with van der Waals surface area (Å²) in [5.41, 5.74) is 3.28. The molecule has 0 aliphatic heterocycles. The fourth-order valence-electron chi connectivity index (χ4n) is 2.49. The van der Waals surface area contributed by atoms with Crippen molar-refractivity contribution >= 4 is 0 Å². The Kier molecular flexibility index (Phi) is 2.94. The van der Waals surface area contributed by atoms with Gasteiger partial charge in [0, 0.05) is 5.56 Å². The third-order valence-corrected chi connectivity index (χ3v) is 3.59. The highest BCUT2D eigenvalue weighted by molar-refractivity contribution is 5.45. The maximum absolute atomic E-state index is 10.3. The highest BCUT2D eigenvalue weighted by Crippen LogP contribution is 2.49. The first-order valence-corrected chi connectivity index (χ1v) is 5.87. The lowest BCUT2D eigenvalue weighted by atomic mass is 9.96. The summed E-state index contributed by atoms with van der Waals surface area (Å²) in [5, 5.41) is 10.3. The number of aliphatic hydroxyl groups is 1. The fourth-order valence-corrected chi connectivity index (χ4v) is 2.49. The third kappa shape index (κ3) is 1.94. The van der Waals surface area contributed by atoms with Crippen LogP contribution in [-0.4, -0.2) is 12.2 Å². The largest absolute Gasteiger partial charge is 0.496 e. The Morgan fingerprint density at radius 1 is 1.38 bits per heavy atom. The van der Waals surface area contributed by atoms with Crippen molar-refractivity contribution in [1.82, 2.24) is 0 Å². The van der Waals surface area contributed by atoms with E-state index < -0.39 is 0 Å². The van der Waals surface area contributed by atoms with Crippen LogP contribution in [0.25, 0.3) is 0 Å². The van der Waals surface area contributed by atoms with Crippen molar-refractivity contribution in [2.45, 2.75) is 33.3 Å². The van der Waals surface area contributed by atoms with Crippen molar-refractivity contribution in [3.05, 3.63) is 28.8 Å². The smallest absolute Gasteiger partial charge is 0.125 e. The van der Waals surface area contributed by atoms with Gasteiger partial charge in [-0.05, 0) is 49.3 Å². The van der Waals surface area contributed by atoms with E-state index in [1.807, 2.05) is 19.9 Å². The zero-order chi connectivity index (χ0) is 11.9. The molecule has 0 heterocycles. The van der Waals surface area contributed by atoms with E-state index in [4.69, 9.17) is 4.74 Å². The molecule has 1 aromatic rings. The van der Waals surface area contributed by atoms with Crippen molar-refractivity contribution in [3.63, 3.8) is 0 Å². The normalized spacial score (nSPS) is 25.3. The van der Waals surface area contributed by atoms with Gasteiger partial charge in [-0.25, -0.2) is 0 Å². The van der Waals surface area contributed by atoms with Crippen LogP contribution in [0.4, 0.5) is 0 Å². The minimum atomic E-state index is -0.370. The summed E-state index contributed by atoms with van der Waals surface area (Å²) in [5.74, 6) is 1.87. The van der Waals surface area contributed by atoms with Gasteiger partial charge in [-0.15, -0.1) is 0 Å². The average Bonchev–Trinajstić information content (AvgIpc) is 2.93. The monoisotopic (exact) mass is 220 g/mol. The molecule has 16 heavy (non-hydrogen) atoms. The summed E-state index contributed by atoms with van der Waals surface area (Å²) in [4.78, 5) is 0. The molecule has 2 rings (SSSR count). The van der Waals surface area contributed by atoms with E-state index >= 15 is 0 Å². The van der Waals surface area contributed by atoms with Crippen LogP contribution < -0.4 is 4.74 Å². The van der Waals surface area contributed by atoms with Crippen LogP contribution in [0.15, 0.2) is 12.1 Å². The molecule has 0 bridgehead atoms. The number of aliphatic hydroxyl groups excluding tert-OH is 1. The van der Waals surface area contributed by atoms with E-state index in [9.17, 15) is 5.11 Å². The Bertz CT molecular complexity index is 398. The molecule has 88 valence electrons. The van der Waals surface area contributed by atoms with E-state index in [1.165, 1.54) is 5.56 Å². The molecule has 1 aliphatic carbocycles. The minimum absolute atomic E-state index is 0.370. The lowest BCUT2D eigenvalue weighted by Gasteiger charge is -2.18. The molecule has 0 spiro atoms. The SMILES string of the molecule is COc1cc(C)cc(C)c1C(O)C1CC1C. The highest BCUT2D eigenvalue weighted by atomic mass is 16.5. The van der Waals surface area contributed by atoms with E-state index in [2.05, 4.69) is 13.0 Å². The zero-order valence-electron chi connectivity index (χ0n) is 10.4. The number of benzene rings is 1. The molecular weight excluding hydrogens is 200 g/mol. The van der Waals surface area contributed by atoms with Crippen LogP contribution in [0.5, 0.6) is 5.75 Å². The molecule has 1 N–H and O–H groups in total. The molecule has 0 aromatic heterocycles.